The molecule has 0 saturated carbocycles. The molecule has 1 N–H and O–H groups in total. The summed E-state index contributed by atoms with van der Waals surface area (Å²) in [6, 6.07) is 5.30. The van der Waals surface area contributed by atoms with Gasteiger partial charge in [-0.2, -0.15) is 5.10 Å². The Bertz CT molecular complexity index is 661. The summed E-state index contributed by atoms with van der Waals surface area (Å²) in [5.41, 5.74) is 5.76. The molecule has 4 aliphatic heterocycles. The second kappa shape index (κ2) is 6.39. The zero-order valence-corrected chi connectivity index (χ0v) is 13.8. The Morgan fingerprint density at radius 3 is 2.54 bits per heavy atom. The summed E-state index contributed by atoms with van der Waals surface area (Å²) in [7, 11) is 0. The van der Waals surface area contributed by atoms with Gasteiger partial charge in [0.2, 0.25) is 0 Å². The largest absolute Gasteiger partial charge is 0.371 e. The third-order valence-electron chi connectivity index (χ3n) is 5.41. The molecule has 0 atom stereocenters. The summed E-state index contributed by atoms with van der Waals surface area (Å²) in [6.45, 7) is 5.21. The lowest BCUT2D eigenvalue weighted by Crippen LogP contribution is -2.48. The van der Waals surface area contributed by atoms with Gasteiger partial charge in [0, 0.05) is 37.3 Å². The molecule has 0 aromatic heterocycles. The van der Waals surface area contributed by atoms with E-state index in [9.17, 15) is 10.1 Å². The van der Waals surface area contributed by atoms with Crippen LogP contribution in [0.3, 0.4) is 0 Å². The molecule has 0 radical (unpaired) electrons. The first-order valence-corrected chi connectivity index (χ1v) is 8.79. The Hall–Kier alpha value is -2.15. The van der Waals surface area contributed by atoms with Gasteiger partial charge in [0.15, 0.2) is 0 Å². The van der Waals surface area contributed by atoms with Gasteiger partial charge in [0.1, 0.15) is 5.69 Å². The molecule has 24 heavy (non-hydrogen) atoms. The highest BCUT2D eigenvalue weighted by Crippen LogP contribution is 2.32. The molecule has 4 heterocycles. The van der Waals surface area contributed by atoms with Crippen molar-refractivity contribution < 1.29 is 4.92 Å². The van der Waals surface area contributed by atoms with Gasteiger partial charge in [0.05, 0.1) is 10.6 Å². The van der Waals surface area contributed by atoms with Gasteiger partial charge in [-0.1, -0.05) is 0 Å². The van der Waals surface area contributed by atoms with Crippen molar-refractivity contribution in [1.82, 2.24) is 4.90 Å². The highest BCUT2D eigenvalue weighted by atomic mass is 16.6. The zero-order chi connectivity index (χ0) is 16.5. The SMILES string of the molecule is O=[N+]([O-])c1ccc(N2CCCC2)cc1NN=C1CN2CCC1CC2. The maximum atomic E-state index is 11.3. The number of nitro groups is 1. The minimum Gasteiger partial charge on any atom is -0.371 e. The first-order chi connectivity index (χ1) is 11.7. The quantitative estimate of drug-likeness (QED) is 0.679. The van der Waals surface area contributed by atoms with Crippen LogP contribution in [0.15, 0.2) is 23.3 Å². The van der Waals surface area contributed by atoms with Crippen LogP contribution in [0, 0.1) is 16.0 Å². The summed E-state index contributed by atoms with van der Waals surface area (Å²) >= 11 is 0. The van der Waals surface area contributed by atoms with Crippen LogP contribution in [-0.2, 0) is 0 Å². The molecule has 5 rings (SSSR count). The first-order valence-electron chi connectivity index (χ1n) is 8.79. The summed E-state index contributed by atoms with van der Waals surface area (Å²) < 4.78 is 0. The van der Waals surface area contributed by atoms with Crippen molar-refractivity contribution >= 4 is 22.8 Å². The zero-order valence-electron chi connectivity index (χ0n) is 13.8. The van der Waals surface area contributed by atoms with Crippen LogP contribution in [0.2, 0.25) is 0 Å². The van der Waals surface area contributed by atoms with Gasteiger partial charge < -0.3 is 4.90 Å². The fourth-order valence-corrected chi connectivity index (χ4v) is 3.99. The van der Waals surface area contributed by atoms with E-state index in [1.165, 1.54) is 12.8 Å². The van der Waals surface area contributed by atoms with Gasteiger partial charge in [-0.3, -0.25) is 20.4 Å². The summed E-state index contributed by atoms with van der Waals surface area (Å²) in [5.74, 6) is 0.531. The Morgan fingerprint density at radius 1 is 1.17 bits per heavy atom. The van der Waals surface area contributed by atoms with Gasteiger partial charge in [0.25, 0.3) is 5.69 Å². The van der Waals surface area contributed by atoms with E-state index >= 15 is 0 Å². The molecular formula is C17H23N5O2. The van der Waals surface area contributed by atoms with Crippen LogP contribution in [-0.4, -0.2) is 48.3 Å². The van der Waals surface area contributed by atoms with Crippen LogP contribution < -0.4 is 10.3 Å². The fourth-order valence-electron chi connectivity index (χ4n) is 3.99. The van der Waals surface area contributed by atoms with Gasteiger partial charge in [-0.15, -0.1) is 0 Å². The molecule has 0 unspecified atom stereocenters. The number of hydrazone groups is 1. The molecule has 0 amide bonds. The minimum absolute atomic E-state index is 0.0866. The van der Waals surface area contributed by atoms with E-state index < -0.39 is 0 Å². The highest BCUT2D eigenvalue weighted by Gasteiger charge is 2.31. The predicted octanol–water partition coefficient (Wildman–Crippen LogP) is 2.69. The van der Waals surface area contributed by atoms with E-state index in [0.29, 0.717) is 11.6 Å². The summed E-state index contributed by atoms with van der Waals surface area (Å²) in [4.78, 5) is 15.7. The van der Waals surface area contributed by atoms with Crippen molar-refractivity contribution in [2.45, 2.75) is 25.7 Å². The van der Waals surface area contributed by atoms with E-state index in [1.807, 2.05) is 12.1 Å². The second-order valence-corrected chi connectivity index (χ2v) is 6.92. The Balaban J connectivity index is 1.58. The number of anilines is 2. The van der Waals surface area contributed by atoms with Gasteiger partial charge in [-0.25, -0.2) is 0 Å². The summed E-state index contributed by atoms with van der Waals surface area (Å²) in [5, 5.41) is 15.9. The molecule has 1 aromatic carbocycles. The molecule has 2 bridgehead atoms. The van der Waals surface area contributed by atoms with E-state index in [4.69, 9.17) is 0 Å². The highest BCUT2D eigenvalue weighted by molar-refractivity contribution is 5.90. The van der Waals surface area contributed by atoms with Crippen LogP contribution in [0.25, 0.3) is 0 Å². The molecule has 128 valence electrons. The third kappa shape index (κ3) is 2.96. The number of hydrogen-bond donors (Lipinski definition) is 1. The summed E-state index contributed by atoms with van der Waals surface area (Å²) in [6.07, 6.45) is 4.66. The molecule has 7 heteroatoms. The van der Waals surface area contributed by atoms with Crippen molar-refractivity contribution in [1.29, 1.82) is 0 Å². The van der Waals surface area contributed by atoms with Crippen molar-refractivity contribution in [2.75, 3.05) is 43.0 Å². The second-order valence-electron chi connectivity index (χ2n) is 6.92. The number of hydrogen-bond acceptors (Lipinski definition) is 6. The minimum atomic E-state index is -0.340. The Kier molecular flexibility index (Phi) is 4.10. The maximum Gasteiger partial charge on any atom is 0.294 e. The Morgan fingerprint density at radius 2 is 1.92 bits per heavy atom. The first kappa shape index (κ1) is 15.4. The lowest BCUT2D eigenvalue weighted by Gasteiger charge is -2.39. The molecule has 4 saturated heterocycles. The molecule has 4 aliphatic rings. The molecular weight excluding hydrogens is 306 g/mol. The monoisotopic (exact) mass is 329 g/mol. The number of nitrogens with zero attached hydrogens (tertiary/aromatic N) is 4. The number of fused-ring (bicyclic) bond motifs is 3. The molecule has 7 nitrogen and oxygen atoms in total. The number of benzene rings is 1. The normalized spacial score (nSPS) is 27.7. The van der Waals surface area contributed by atoms with E-state index in [-0.39, 0.29) is 10.6 Å². The Labute approximate surface area is 141 Å². The lowest BCUT2D eigenvalue weighted by molar-refractivity contribution is -0.383. The topological polar surface area (TPSA) is 74.0 Å². The number of rotatable bonds is 4. The van der Waals surface area contributed by atoms with E-state index in [0.717, 1.165) is 57.0 Å². The average Bonchev–Trinajstić information content (AvgIpc) is 3.15. The van der Waals surface area contributed by atoms with E-state index in [2.05, 4.69) is 20.3 Å². The van der Waals surface area contributed by atoms with Crippen LogP contribution in [0.1, 0.15) is 25.7 Å². The average molecular weight is 329 g/mol. The van der Waals surface area contributed by atoms with Gasteiger partial charge in [-0.05, 0) is 50.9 Å². The van der Waals surface area contributed by atoms with Crippen molar-refractivity contribution in [3.05, 3.63) is 28.3 Å². The van der Waals surface area contributed by atoms with Crippen molar-refractivity contribution in [2.24, 2.45) is 11.0 Å². The van der Waals surface area contributed by atoms with Crippen LogP contribution >= 0.6 is 0 Å². The van der Waals surface area contributed by atoms with Crippen LogP contribution in [0.5, 0.6) is 0 Å². The standard InChI is InChI=1S/C17H23N5O2/c23-22(24)17-4-3-14(21-7-1-2-8-21)11-15(17)18-19-16-12-20-9-5-13(16)6-10-20/h3-4,11,13,18H,1-2,5-10,12H2. The molecule has 0 spiro atoms. The van der Waals surface area contributed by atoms with Crippen molar-refractivity contribution in [3.8, 4) is 0 Å². The number of nitro benzene ring substituents is 1. The molecule has 1 aromatic rings. The van der Waals surface area contributed by atoms with Crippen molar-refractivity contribution in [3.63, 3.8) is 0 Å². The third-order valence-corrected chi connectivity index (χ3v) is 5.41. The molecule has 0 aliphatic carbocycles. The van der Waals surface area contributed by atoms with Gasteiger partial charge >= 0.3 is 0 Å². The van der Waals surface area contributed by atoms with E-state index in [1.54, 1.807) is 6.07 Å². The number of nitrogens with one attached hydrogen (secondary N) is 1. The maximum absolute atomic E-state index is 11.3. The smallest absolute Gasteiger partial charge is 0.294 e. The van der Waals surface area contributed by atoms with Crippen LogP contribution in [0.4, 0.5) is 17.1 Å². The number of piperidine rings is 3. The molecule has 4 fully saturated rings. The fraction of sp³-hybridized carbons (Fsp3) is 0.588. The lowest BCUT2D eigenvalue weighted by atomic mass is 9.87. The predicted molar refractivity (Wildman–Crippen MR) is 94.8 cm³/mol.